The quantitative estimate of drug-likeness (QED) is 0.782. The van der Waals surface area contributed by atoms with E-state index in [0.29, 0.717) is 12.2 Å². The molecule has 26 heavy (non-hydrogen) atoms. The van der Waals surface area contributed by atoms with Gasteiger partial charge in [0.25, 0.3) is 0 Å². The molecular formula is C21H19N3O2. The second kappa shape index (κ2) is 6.61. The van der Waals surface area contributed by atoms with Crippen LogP contribution in [0.4, 0.5) is 10.5 Å². The Balaban J connectivity index is 1.61. The zero-order valence-corrected chi connectivity index (χ0v) is 14.4. The number of aromatic nitrogens is 1. The molecule has 1 heterocycles. The van der Waals surface area contributed by atoms with Crippen molar-refractivity contribution in [3.63, 3.8) is 0 Å². The van der Waals surface area contributed by atoms with Crippen LogP contribution in [0.15, 0.2) is 66.9 Å². The van der Waals surface area contributed by atoms with Gasteiger partial charge in [0.1, 0.15) is 0 Å². The van der Waals surface area contributed by atoms with Gasteiger partial charge in [-0.25, -0.2) is 4.79 Å². The number of nitrogens with two attached hydrogens (primary N) is 1. The number of carbonyl (C=O) groups excluding carboxylic acids is 1. The molecule has 0 bridgehead atoms. The number of nitrogens with zero attached hydrogens (tertiary/aromatic N) is 2. The number of carbonyl (C=O) groups is 1. The van der Waals surface area contributed by atoms with Gasteiger partial charge in [0.05, 0.1) is 17.6 Å². The number of anilines is 1. The zero-order chi connectivity index (χ0) is 18.1. The predicted molar refractivity (Wildman–Crippen MR) is 101 cm³/mol. The summed E-state index contributed by atoms with van der Waals surface area (Å²) >= 11 is 0. The lowest BCUT2D eigenvalue weighted by atomic mass is 10.1. The highest BCUT2D eigenvalue weighted by molar-refractivity contribution is 5.88. The maximum Gasteiger partial charge on any atom is 0.415 e. The van der Waals surface area contributed by atoms with Crippen LogP contribution in [0.2, 0.25) is 0 Å². The molecule has 1 aliphatic rings. The van der Waals surface area contributed by atoms with Crippen molar-refractivity contribution in [1.82, 2.24) is 4.98 Å². The van der Waals surface area contributed by atoms with Crippen LogP contribution in [0.1, 0.15) is 22.9 Å². The van der Waals surface area contributed by atoms with Crippen molar-refractivity contribution in [3.8, 4) is 11.1 Å². The van der Waals surface area contributed by atoms with E-state index in [9.17, 15) is 4.79 Å². The normalized spacial score (nSPS) is 12.4. The van der Waals surface area contributed by atoms with Crippen LogP contribution in [-0.4, -0.2) is 18.1 Å². The molecule has 2 aromatic carbocycles. The summed E-state index contributed by atoms with van der Waals surface area (Å²) in [6.45, 7) is 0.365. The van der Waals surface area contributed by atoms with E-state index in [-0.39, 0.29) is 0 Å². The Kier molecular flexibility index (Phi) is 4.14. The fraction of sp³-hybridized carbons (Fsp3) is 0.143. The van der Waals surface area contributed by atoms with E-state index in [0.717, 1.165) is 27.9 Å². The van der Waals surface area contributed by atoms with Crippen molar-refractivity contribution in [2.75, 3.05) is 11.9 Å². The minimum absolute atomic E-state index is 0.365. The number of benzene rings is 2. The molecule has 5 nitrogen and oxygen atoms in total. The summed E-state index contributed by atoms with van der Waals surface area (Å²) in [5.41, 5.74) is 11.2. The van der Waals surface area contributed by atoms with Gasteiger partial charge < -0.3 is 10.5 Å². The number of fused-ring (bicyclic) bond motifs is 3. The fourth-order valence-electron chi connectivity index (χ4n) is 3.26. The Bertz CT molecular complexity index is 908. The average Bonchev–Trinajstić information content (AvgIpc) is 3.01. The first kappa shape index (κ1) is 16.3. The topological polar surface area (TPSA) is 68.5 Å². The third-order valence-corrected chi connectivity index (χ3v) is 4.67. The fourth-order valence-corrected chi connectivity index (χ4v) is 3.26. The van der Waals surface area contributed by atoms with Crippen molar-refractivity contribution < 1.29 is 9.53 Å². The van der Waals surface area contributed by atoms with Gasteiger partial charge in [-0.15, -0.1) is 0 Å². The van der Waals surface area contributed by atoms with Crippen LogP contribution >= 0.6 is 0 Å². The third kappa shape index (κ3) is 2.72. The van der Waals surface area contributed by atoms with Crippen molar-refractivity contribution in [1.29, 1.82) is 0 Å². The Hall–Kier alpha value is -3.18. The molecule has 1 aliphatic carbocycles. The predicted octanol–water partition coefficient (Wildman–Crippen LogP) is 3.88. The molecule has 0 atom stereocenters. The minimum Gasteiger partial charge on any atom is -0.436 e. The van der Waals surface area contributed by atoms with E-state index in [2.05, 4.69) is 17.1 Å². The molecule has 0 saturated carbocycles. The first-order valence-electron chi connectivity index (χ1n) is 8.46. The van der Waals surface area contributed by atoms with Crippen LogP contribution < -0.4 is 10.6 Å². The highest BCUT2D eigenvalue weighted by Gasteiger charge is 2.32. The first-order chi connectivity index (χ1) is 12.7. The molecule has 2 N–H and O–H groups in total. The molecule has 0 unspecified atom stereocenters. The van der Waals surface area contributed by atoms with Gasteiger partial charge in [-0.1, -0.05) is 48.5 Å². The van der Waals surface area contributed by atoms with E-state index in [4.69, 9.17) is 10.5 Å². The van der Waals surface area contributed by atoms with Gasteiger partial charge in [-0.05, 0) is 23.3 Å². The summed E-state index contributed by atoms with van der Waals surface area (Å²) in [4.78, 5) is 18.4. The largest absolute Gasteiger partial charge is 0.436 e. The van der Waals surface area contributed by atoms with E-state index >= 15 is 0 Å². The molecule has 130 valence electrons. The molecule has 5 heteroatoms. The lowest BCUT2D eigenvalue weighted by Crippen LogP contribution is -2.28. The number of pyridine rings is 1. The third-order valence-electron chi connectivity index (χ3n) is 4.67. The molecule has 0 fully saturated rings. The Morgan fingerprint density at radius 1 is 1.04 bits per heavy atom. The van der Waals surface area contributed by atoms with E-state index in [1.54, 1.807) is 19.3 Å². The SMILES string of the molecule is CN(C(=O)OC1c2ccccc2-c2ccccc21)c1ccc(CN)nc1. The summed E-state index contributed by atoms with van der Waals surface area (Å²) in [6, 6.07) is 19.7. The molecule has 1 aromatic heterocycles. The average molecular weight is 345 g/mol. The lowest BCUT2D eigenvalue weighted by molar-refractivity contribution is 0.127. The maximum atomic E-state index is 12.7. The lowest BCUT2D eigenvalue weighted by Gasteiger charge is -2.21. The van der Waals surface area contributed by atoms with Crippen molar-refractivity contribution in [3.05, 3.63) is 83.7 Å². The van der Waals surface area contributed by atoms with Gasteiger partial charge in [0.2, 0.25) is 0 Å². The molecule has 0 aliphatic heterocycles. The second-order valence-electron chi connectivity index (χ2n) is 6.21. The number of hydrogen-bond donors (Lipinski definition) is 1. The summed E-state index contributed by atoms with van der Waals surface area (Å²) < 4.78 is 5.87. The summed E-state index contributed by atoms with van der Waals surface area (Å²) in [7, 11) is 1.67. The molecule has 3 aromatic rings. The van der Waals surface area contributed by atoms with Crippen LogP contribution in [0.25, 0.3) is 11.1 Å². The first-order valence-corrected chi connectivity index (χ1v) is 8.46. The Morgan fingerprint density at radius 2 is 1.65 bits per heavy atom. The number of hydrogen-bond acceptors (Lipinski definition) is 4. The van der Waals surface area contributed by atoms with Gasteiger partial charge in [-0.3, -0.25) is 9.88 Å². The second-order valence-corrected chi connectivity index (χ2v) is 6.21. The van der Waals surface area contributed by atoms with Crippen LogP contribution in [0.3, 0.4) is 0 Å². The van der Waals surface area contributed by atoms with E-state index in [1.165, 1.54) is 4.90 Å². The monoisotopic (exact) mass is 345 g/mol. The molecule has 0 radical (unpaired) electrons. The summed E-state index contributed by atoms with van der Waals surface area (Å²) in [5, 5.41) is 0. The number of amides is 1. The zero-order valence-electron chi connectivity index (χ0n) is 14.4. The van der Waals surface area contributed by atoms with Gasteiger partial charge >= 0.3 is 6.09 Å². The standard InChI is InChI=1S/C21H19N3O2/c1-24(15-11-10-14(12-22)23-13-15)21(25)26-20-18-8-4-2-6-16(18)17-7-3-5-9-19(17)20/h2-11,13,20H,12,22H2,1H3. The molecule has 1 amide bonds. The highest BCUT2D eigenvalue weighted by atomic mass is 16.6. The molecule has 0 saturated heterocycles. The highest BCUT2D eigenvalue weighted by Crippen LogP contribution is 2.45. The maximum absolute atomic E-state index is 12.7. The van der Waals surface area contributed by atoms with Gasteiger partial charge in [0, 0.05) is 24.7 Å². The van der Waals surface area contributed by atoms with E-state index < -0.39 is 12.2 Å². The molecule has 0 spiro atoms. The van der Waals surface area contributed by atoms with Crippen LogP contribution in [-0.2, 0) is 11.3 Å². The van der Waals surface area contributed by atoms with Crippen molar-refractivity contribution >= 4 is 11.8 Å². The Morgan fingerprint density at radius 3 is 2.19 bits per heavy atom. The van der Waals surface area contributed by atoms with Crippen LogP contribution in [0.5, 0.6) is 0 Å². The summed E-state index contributed by atoms with van der Waals surface area (Å²) in [5.74, 6) is 0. The van der Waals surface area contributed by atoms with Gasteiger partial charge in [0.15, 0.2) is 6.10 Å². The number of ether oxygens (including phenoxy) is 1. The van der Waals surface area contributed by atoms with Crippen molar-refractivity contribution in [2.45, 2.75) is 12.6 Å². The minimum atomic E-state index is -0.427. The number of rotatable bonds is 3. The Labute approximate surface area is 152 Å². The van der Waals surface area contributed by atoms with Crippen molar-refractivity contribution in [2.24, 2.45) is 5.73 Å². The summed E-state index contributed by atoms with van der Waals surface area (Å²) in [6.07, 6.45) is 0.789. The van der Waals surface area contributed by atoms with Gasteiger partial charge in [-0.2, -0.15) is 0 Å². The molecular weight excluding hydrogens is 326 g/mol. The molecule has 4 rings (SSSR count). The van der Waals surface area contributed by atoms with E-state index in [1.807, 2.05) is 42.5 Å². The van der Waals surface area contributed by atoms with Crippen LogP contribution in [0, 0.1) is 0 Å². The smallest absolute Gasteiger partial charge is 0.415 e.